The van der Waals surface area contributed by atoms with E-state index in [4.69, 9.17) is 13.9 Å². The number of aromatic nitrogens is 1. The molecule has 0 bridgehead atoms. The van der Waals surface area contributed by atoms with Gasteiger partial charge in [-0.1, -0.05) is 12.8 Å². The molecule has 4 rings (SSSR count). The van der Waals surface area contributed by atoms with Crippen LogP contribution in [0.3, 0.4) is 0 Å². The second-order valence-corrected chi connectivity index (χ2v) is 6.72. The zero-order valence-corrected chi connectivity index (χ0v) is 14.3. The van der Waals surface area contributed by atoms with Crippen molar-refractivity contribution in [1.82, 2.24) is 10.3 Å². The van der Waals surface area contributed by atoms with Crippen molar-refractivity contribution < 1.29 is 18.7 Å². The van der Waals surface area contributed by atoms with Crippen LogP contribution in [0.5, 0.6) is 11.5 Å². The smallest absolute Gasteiger partial charge is 0.231 e. The van der Waals surface area contributed by atoms with Crippen LogP contribution in [0.4, 0.5) is 0 Å². The summed E-state index contributed by atoms with van der Waals surface area (Å²) in [6.07, 6.45) is 5.24. The molecular weight excluding hydrogens is 320 g/mol. The second-order valence-electron chi connectivity index (χ2n) is 6.72. The molecule has 2 aromatic rings. The van der Waals surface area contributed by atoms with Gasteiger partial charge in [0.1, 0.15) is 5.76 Å². The van der Waals surface area contributed by atoms with Gasteiger partial charge in [0.05, 0.1) is 12.1 Å². The average Bonchev–Trinajstić information content (AvgIpc) is 3.34. The third-order valence-corrected chi connectivity index (χ3v) is 4.90. The Morgan fingerprint density at radius 3 is 2.88 bits per heavy atom. The lowest BCUT2D eigenvalue weighted by Crippen LogP contribution is -2.29. The van der Waals surface area contributed by atoms with Crippen LogP contribution in [0, 0.1) is 12.8 Å². The standard InChI is InChI=1S/C19H22N2O4/c1-12-15(9-18(22)20-10-13-4-2-3-5-13)21-19(25-12)14-6-7-16-17(8-14)24-11-23-16/h6-8,13H,2-5,9-11H2,1H3,(H,20,22). The molecule has 1 amide bonds. The predicted octanol–water partition coefficient (Wildman–Crippen LogP) is 3.23. The highest BCUT2D eigenvalue weighted by atomic mass is 16.7. The molecule has 2 aliphatic rings. The lowest BCUT2D eigenvalue weighted by molar-refractivity contribution is -0.120. The molecule has 1 N–H and O–H groups in total. The Bertz CT molecular complexity index is 778. The summed E-state index contributed by atoms with van der Waals surface area (Å²) < 4.78 is 16.5. The van der Waals surface area contributed by atoms with Crippen LogP contribution >= 0.6 is 0 Å². The van der Waals surface area contributed by atoms with Crippen LogP contribution in [0.15, 0.2) is 22.6 Å². The zero-order chi connectivity index (χ0) is 17.2. The first-order valence-corrected chi connectivity index (χ1v) is 8.82. The predicted molar refractivity (Wildman–Crippen MR) is 91.5 cm³/mol. The first kappa shape index (κ1) is 16.0. The topological polar surface area (TPSA) is 73.6 Å². The monoisotopic (exact) mass is 342 g/mol. The minimum absolute atomic E-state index is 0.000497. The van der Waals surface area contributed by atoms with Gasteiger partial charge in [0.2, 0.25) is 18.6 Å². The molecule has 1 saturated carbocycles. The van der Waals surface area contributed by atoms with Crippen molar-refractivity contribution >= 4 is 5.91 Å². The molecule has 0 saturated heterocycles. The van der Waals surface area contributed by atoms with Crippen molar-refractivity contribution in [3.8, 4) is 23.0 Å². The van der Waals surface area contributed by atoms with E-state index in [9.17, 15) is 4.79 Å². The van der Waals surface area contributed by atoms with Crippen molar-refractivity contribution in [2.75, 3.05) is 13.3 Å². The Morgan fingerprint density at radius 2 is 2.04 bits per heavy atom. The number of nitrogens with zero attached hydrogens (tertiary/aromatic N) is 1. The third-order valence-electron chi connectivity index (χ3n) is 4.90. The number of benzene rings is 1. The molecule has 6 nitrogen and oxygen atoms in total. The molecule has 0 spiro atoms. The Balaban J connectivity index is 1.42. The fourth-order valence-corrected chi connectivity index (χ4v) is 3.43. The second kappa shape index (κ2) is 6.78. The van der Waals surface area contributed by atoms with Crippen LogP contribution in [0.25, 0.3) is 11.5 Å². The molecule has 0 atom stereocenters. The maximum Gasteiger partial charge on any atom is 0.231 e. The van der Waals surface area contributed by atoms with Crippen LogP contribution in [-0.2, 0) is 11.2 Å². The number of fused-ring (bicyclic) bond motifs is 1. The van der Waals surface area contributed by atoms with Gasteiger partial charge in [0, 0.05) is 12.1 Å². The minimum Gasteiger partial charge on any atom is -0.454 e. The van der Waals surface area contributed by atoms with Gasteiger partial charge in [-0.25, -0.2) is 4.98 Å². The molecular formula is C19H22N2O4. The number of nitrogens with one attached hydrogen (secondary N) is 1. The number of oxazole rings is 1. The summed E-state index contributed by atoms with van der Waals surface area (Å²) >= 11 is 0. The number of hydrogen-bond donors (Lipinski definition) is 1. The van der Waals surface area contributed by atoms with E-state index in [0.717, 1.165) is 17.9 Å². The molecule has 0 radical (unpaired) electrons. The van der Waals surface area contributed by atoms with Crippen LogP contribution in [0.2, 0.25) is 0 Å². The fraction of sp³-hybridized carbons (Fsp3) is 0.474. The molecule has 1 aliphatic heterocycles. The van der Waals surface area contributed by atoms with E-state index in [-0.39, 0.29) is 19.1 Å². The summed E-state index contributed by atoms with van der Waals surface area (Å²) in [4.78, 5) is 16.7. The molecule has 6 heteroatoms. The van der Waals surface area contributed by atoms with Crippen LogP contribution in [-0.4, -0.2) is 24.2 Å². The highest BCUT2D eigenvalue weighted by Gasteiger charge is 2.20. The Hall–Kier alpha value is -2.50. The van der Waals surface area contributed by atoms with Crippen molar-refractivity contribution in [1.29, 1.82) is 0 Å². The van der Waals surface area contributed by atoms with E-state index in [1.807, 2.05) is 25.1 Å². The number of rotatable bonds is 5. The van der Waals surface area contributed by atoms with Gasteiger partial charge in [-0.3, -0.25) is 4.79 Å². The number of carbonyl (C=O) groups excluding carboxylic acids is 1. The Morgan fingerprint density at radius 1 is 1.24 bits per heavy atom. The van der Waals surface area contributed by atoms with Crippen molar-refractivity contribution in [2.45, 2.75) is 39.0 Å². The molecule has 1 aliphatic carbocycles. The number of aryl methyl sites for hydroxylation is 1. The van der Waals surface area contributed by atoms with Crippen LogP contribution < -0.4 is 14.8 Å². The van der Waals surface area contributed by atoms with Crippen molar-refractivity contribution in [3.05, 3.63) is 29.7 Å². The zero-order valence-electron chi connectivity index (χ0n) is 14.3. The highest BCUT2D eigenvalue weighted by Crippen LogP contribution is 2.36. The van der Waals surface area contributed by atoms with Gasteiger partial charge in [-0.05, 0) is 43.9 Å². The number of amides is 1. The maximum atomic E-state index is 12.2. The average molecular weight is 342 g/mol. The lowest BCUT2D eigenvalue weighted by atomic mass is 10.1. The van der Waals surface area contributed by atoms with E-state index < -0.39 is 0 Å². The summed E-state index contributed by atoms with van der Waals surface area (Å²) in [6, 6.07) is 5.56. The van der Waals surface area contributed by atoms with E-state index >= 15 is 0 Å². The summed E-state index contributed by atoms with van der Waals surface area (Å²) in [5.41, 5.74) is 1.49. The summed E-state index contributed by atoms with van der Waals surface area (Å²) in [7, 11) is 0. The molecule has 1 fully saturated rings. The Kier molecular flexibility index (Phi) is 4.34. The fourth-order valence-electron chi connectivity index (χ4n) is 3.43. The van der Waals surface area contributed by atoms with Gasteiger partial charge in [0.25, 0.3) is 0 Å². The van der Waals surface area contributed by atoms with Crippen LogP contribution in [0.1, 0.15) is 37.1 Å². The molecule has 25 heavy (non-hydrogen) atoms. The third kappa shape index (κ3) is 3.48. The van der Waals surface area contributed by atoms with E-state index in [2.05, 4.69) is 10.3 Å². The molecule has 1 aromatic carbocycles. The first-order valence-electron chi connectivity index (χ1n) is 8.82. The number of carbonyl (C=O) groups is 1. The molecule has 1 aromatic heterocycles. The molecule has 2 heterocycles. The normalized spacial score (nSPS) is 16.4. The van der Waals surface area contributed by atoms with Gasteiger partial charge >= 0.3 is 0 Å². The number of ether oxygens (including phenoxy) is 2. The largest absolute Gasteiger partial charge is 0.454 e. The van der Waals surface area contributed by atoms with Gasteiger partial charge < -0.3 is 19.2 Å². The lowest BCUT2D eigenvalue weighted by Gasteiger charge is -2.09. The van der Waals surface area contributed by atoms with Gasteiger partial charge in [-0.15, -0.1) is 0 Å². The highest BCUT2D eigenvalue weighted by molar-refractivity contribution is 5.78. The molecule has 132 valence electrons. The maximum absolute atomic E-state index is 12.2. The minimum atomic E-state index is 0.000497. The summed E-state index contributed by atoms with van der Waals surface area (Å²) in [6.45, 7) is 2.84. The van der Waals surface area contributed by atoms with Gasteiger partial charge in [-0.2, -0.15) is 0 Å². The first-order chi connectivity index (χ1) is 12.2. The van der Waals surface area contributed by atoms with Crippen molar-refractivity contribution in [3.63, 3.8) is 0 Å². The van der Waals surface area contributed by atoms with Gasteiger partial charge in [0.15, 0.2) is 11.5 Å². The number of hydrogen-bond acceptors (Lipinski definition) is 5. The Labute approximate surface area is 146 Å². The van der Waals surface area contributed by atoms with E-state index in [1.54, 1.807) is 0 Å². The summed E-state index contributed by atoms with van der Waals surface area (Å²) in [5.74, 6) is 3.20. The summed E-state index contributed by atoms with van der Waals surface area (Å²) in [5, 5.41) is 3.03. The SMILES string of the molecule is Cc1oc(-c2ccc3c(c2)OCO3)nc1CC(=O)NCC1CCCC1. The van der Waals surface area contributed by atoms with E-state index in [0.29, 0.717) is 29.0 Å². The van der Waals surface area contributed by atoms with E-state index in [1.165, 1.54) is 25.7 Å². The quantitative estimate of drug-likeness (QED) is 0.903. The van der Waals surface area contributed by atoms with Crippen molar-refractivity contribution in [2.24, 2.45) is 5.92 Å². The molecule has 0 unspecified atom stereocenters.